The van der Waals surface area contributed by atoms with Crippen LogP contribution in [0.15, 0.2) is 176 Å². The van der Waals surface area contributed by atoms with Gasteiger partial charge >= 0.3 is 0 Å². The van der Waals surface area contributed by atoms with Gasteiger partial charge in [0.1, 0.15) is 0 Å². The topological polar surface area (TPSA) is 21.1 Å². The van der Waals surface area contributed by atoms with Crippen LogP contribution in [0.2, 0.25) is 0 Å². The molecule has 2 aromatic heterocycles. The molecule has 0 saturated carbocycles. The molecule has 1 aliphatic heterocycles. The molecule has 216 valence electrons. The van der Waals surface area contributed by atoms with Crippen molar-refractivity contribution in [2.75, 3.05) is 4.90 Å². The Labute approximate surface area is 268 Å². The Morgan fingerprint density at radius 1 is 0.413 bits per heavy atom. The summed E-state index contributed by atoms with van der Waals surface area (Å²) in [6.45, 7) is 0. The number of para-hydroxylation sites is 4. The highest BCUT2D eigenvalue weighted by atomic mass is 15.2. The number of hydrogen-bond acceptors (Lipinski definition) is 2. The molecule has 3 heterocycles. The zero-order valence-corrected chi connectivity index (χ0v) is 25.1. The fourth-order valence-electron chi connectivity index (χ4n) is 6.93. The van der Waals surface area contributed by atoms with Gasteiger partial charge in [0.2, 0.25) is 0 Å². The summed E-state index contributed by atoms with van der Waals surface area (Å²) in [6.07, 6.45) is 0. The molecule has 0 atom stereocenters. The molecule has 6 aromatic carbocycles. The van der Waals surface area contributed by atoms with E-state index in [1.54, 1.807) is 0 Å². The van der Waals surface area contributed by atoms with Gasteiger partial charge in [-0.05, 0) is 42.5 Å². The number of benzene rings is 6. The minimum Gasteiger partial charge on any atom is -0.309 e. The number of rotatable bonds is 4. The number of aromatic nitrogens is 2. The lowest BCUT2D eigenvalue weighted by Crippen LogP contribution is -2.12. The number of fused-ring (bicyclic) bond motifs is 7. The van der Waals surface area contributed by atoms with E-state index in [-0.39, 0.29) is 0 Å². The molecule has 3 heteroatoms. The second-order valence-electron chi connectivity index (χ2n) is 11.6. The zero-order valence-electron chi connectivity index (χ0n) is 25.1. The van der Waals surface area contributed by atoms with Crippen LogP contribution in [-0.2, 0) is 0 Å². The van der Waals surface area contributed by atoms with E-state index >= 15 is 0 Å². The van der Waals surface area contributed by atoms with Crippen LogP contribution in [0.25, 0.3) is 61.5 Å². The average Bonchev–Trinajstić information content (AvgIpc) is 3.42. The quantitative estimate of drug-likeness (QED) is 0.204. The van der Waals surface area contributed by atoms with Crippen molar-refractivity contribution in [3.05, 3.63) is 176 Å². The summed E-state index contributed by atoms with van der Waals surface area (Å²) in [6, 6.07) is 62.5. The summed E-state index contributed by atoms with van der Waals surface area (Å²) in [5, 5.41) is 1.23. The van der Waals surface area contributed by atoms with Crippen LogP contribution < -0.4 is 4.90 Å². The zero-order chi connectivity index (χ0) is 30.5. The maximum absolute atomic E-state index is 5.20. The van der Waals surface area contributed by atoms with Crippen molar-refractivity contribution in [1.82, 2.24) is 9.55 Å². The van der Waals surface area contributed by atoms with Gasteiger partial charge in [-0.3, -0.25) is 0 Å². The van der Waals surface area contributed by atoms with E-state index in [4.69, 9.17) is 4.98 Å². The molecule has 0 unspecified atom stereocenters. The van der Waals surface area contributed by atoms with Crippen molar-refractivity contribution in [3.63, 3.8) is 0 Å². The van der Waals surface area contributed by atoms with Gasteiger partial charge in [0, 0.05) is 38.9 Å². The van der Waals surface area contributed by atoms with Crippen molar-refractivity contribution in [2.45, 2.75) is 0 Å². The van der Waals surface area contributed by atoms with Gasteiger partial charge in [0.05, 0.1) is 39.7 Å². The first-order chi connectivity index (χ1) is 22.8. The van der Waals surface area contributed by atoms with Crippen LogP contribution in [0.5, 0.6) is 0 Å². The van der Waals surface area contributed by atoms with Gasteiger partial charge in [-0.2, -0.15) is 0 Å². The third kappa shape index (κ3) is 4.17. The van der Waals surface area contributed by atoms with Gasteiger partial charge in [-0.15, -0.1) is 0 Å². The lowest BCUT2D eigenvalue weighted by molar-refractivity contribution is 1.13. The summed E-state index contributed by atoms with van der Waals surface area (Å²) >= 11 is 0. The Hall–Kier alpha value is -6.19. The largest absolute Gasteiger partial charge is 0.309 e. The van der Waals surface area contributed by atoms with Gasteiger partial charge in [-0.25, -0.2) is 4.98 Å². The van der Waals surface area contributed by atoms with Crippen LogP contribution in [0, 0.1) is 0 Å². The van der Waals surface area contributed by atoms with Crippen LogP contribution >= 0.6 is 0 Å². The highest BCUT2D eigenvalue weighted by Crippen LogP contribution is 2.54. The molecule has 0 saturated heterocycles. The van der Waals surface area contributed by atoms with E-state index in [1.165, 1.54) is 33.3 Å². The molecule has 0 aliphatic carbocycles. The normalized spacial score (nSPS) is 11.9. The first-order valence-corrected chi connectivity index (χ1v) is 15.7. The van der Waals surface area contributed by atoms with Gasteiger partial charge in [0.25, 0.3) is 0 Å². The maximum atomic E-state index is 5.20. The van der Waals surface area contributed by atoms with Crippen molar-refractivity contribution >= 4 is 28.0 Å². The van der Waals surface area contributed by atoms with E-state index in [1.807, 2.05) is 0 Å². The first-order valence-electron chi connectivity index (χ1n) is 15.7. The lowest BCUT2D eigenvalue weighted by Gasteiger charge is -2.28. The van der Waals surface area contributed by atoms with E-state index in [9.17, 15) is 0 Å². The Kier molecular flexibility index (Phi) is 6.14. The van der Waals surface area contributed by atoms with E-state index in [2.05, 4.69) is 185 Å². The van der Waals surface area contributed by atoms with Gasteiger partial charge in [0.15, 0.2) is 0 Å². The van der Waals surface area contributed by atoms with Gasteiger partial charge in [-0.1, -0.05) is 133 Å². The highest BCUT2D eigenvalue weighted by Gasteiger charge is 2.31. The molecular weight excluding hydrogens is 558 g/mol. The SMILES string of the molecule is c1ccc(-c2cc(N3c4ccccc4-c4c(n(-c5ccccc5)c5ccccc45)-c4ccccc43)cc(-c3ccccc3)n2)cc1. The maximum Gasteiger partial charge on any atom is 0.0730 e. The molecule has 0 amide bonds. The van der Waals surface area contributed by atoms with Crippen LogP contribution in [0.1, 0.15) is 0 Å². The minimum atomic E-state index is 0.938. The Bertz CT molecular complexity index is 2300. The Morgan fingerprint density at radius 2 is 0.913 bits per heavy atom. The minimum absolute atomic E-state index is 0.938. The second-order valence-corrected chi connectivity index (χ2v) is 11.6. The summed E-state index contributed by atoms with van der Waals surface area (Å²) in [5.41, 5.74) is 14.5. The smallest absolute Gasteiger partial charge is 0.0730 e. The van der Waals surface area contributed by atoms with Crippen LogP contribution in [-0.4, -0.2) is 9.55 Å². The second kappa shape index (κ2) is 10.8. The van der Waals surface area contributed by atoms with E-state index in [0.717, 1.165) is 45.3 Å². The van der Waals surface area contributed by atoms with Crippen LogP contribution in [0.3, 0.4) is 0 Å². The summed E-state index contributed by atoms with van der Waals surface area (Å²) in [4.78, 5) is 7.62. The number of hydrogen-bond donors (Lipinski definition) is 0. The first kappa shape index (κ1) is 26.2. The van der Waals surface area contributed by atoms with Crippen molar-refractivity contribution in [3.8, 4) is 50.6 Å². The van der Waals surface area contributed by atoms with E-state index in [0.29, 0.717) is 0 Å². The molecule has 46 heavy (non-hydrogen) atoms. The number of pyridine rings is 1. The molecule has 0 radical (unpaired) electrons. The highest BCUT2D eigenvalue weighted by molar-refractivity contribution is 6.13. The molecule has 3 nitrogen and oxygen atoms in total. The molecule has 0 N–H and O–H groups in total. The third-order valence-corrected chi connectivity index (χ3v) is 8.91. The van der Waals surface area contributed by atoms with Crippen molar-refractivity contribution in [1.29, 1.82) is 0 Å². The molecule has 8 aromatic rings. The molecule has 0 bridgehead atoms. The monoisotopic (exact) mass is 587 g/mol. The predicted octanol–water partition coefficient (Wildman–Crippen LogP) is 11.5. The summed E-state index contributed by atoms with van der Waals surface area (Å²) in [7, 11) is 0. The number of nitrogens with zero attached hydrogens (tertiary/aromatic N) is 3. The fraction of sp³-hybridized carbons (Fsp3) is 0. The van der Waals surface area contributed by atoms with Gasteiger partial charge < -0.3 is 9.47 Å². The number of anilines is 3. The standard InChI is InChI=1S/C43H29N3/c1-4-16-30(17-5-1)37-28-33(29-38(44-37)31-18-6-2-7-19-31)45-39-25-13-10-22-34(39)42-35-23-11-14-26-40(35)46(32-20-8-3-9-21-32)43(42)36-24-12-15-27-41(36)45/h1-29H. The average molecular weight is 588 g/mol. The summed E-state index contributed by atoms with van der Waals surface area (Å²) < 4.78 is 2.43. The lowest BCUT2D eigenvalue weighted by atomic mass is 9.98. The molecular formula is C43H29N3. The Balaban J connectivity index is 1.39. The van der Waals surface area contributed by atoms with Crippen molar-refractivity contribution < 1.29 is 0 Å². The van der Waals surface area contributed by atoms with E-state index < -0.39 is 0 Å². The Morgan fingerprint density at radius 3 is 1.57 bits per heavy atom. The molecule has 0 spiro atoms. The molecule has 9 rings (SSSR count). The fourth-order valence-corrected chi connectivity index (χ4v) is 6.93. The van der Waals surface area contributed by atoms with Crippen LogP contribution in [0.4, 0.5) is 17.1 Å². The summed E-state index contributed by atoms with van der Waals surface area (Å²) in [5.74, 6) is 0. The van der Waals surface area contributed by atoms with Crippen molar-refractivity contribution in [2.24, 2.45) is 0 Å². The predicted molar refractivity (Wildman–Crippen MR) is 191 cm³/mol. The molecule has 1 aliphatic rings. The third-order valence-electron chi connectivity index (χ3n) is 8.91. The molecule has 0 fully saturated rings.